The molecule has 0 aliphatic heterocycles. The molecule has 1 aliphatic carbocycles. The van der Waals surface area contributed by atoms with Gasteiger partial charge in [-0.25, -0.2) is 8.42 Å². The summed E-state index contributed by atoms with van der Waals surface area (Å²) in [5, 5.41) is 9.40. The van der Waals surface area contributed by atoms with Crippen molar-refractivity contribution in [3.8, 4) is 0 Å². The van der Waals surface area contributed by atoms with Gasteiger partial charge < -0.3 is 5.11 Å². The lowest BCUT2D eigenvalue weighted by Gasteiger charge is -2.37. The van der Waals surface area contributed by atoms with E-state index in [9.17, 15) is 18.3 Å². The standard InChI is InChI=1S/C12H22O4S/c1-3-10-5-4-6-12(9-10,11(13)14)7-8-17(2,15)16/h10H,3-9H2,1-2H3,(H,13,14). The first-order chi connectivity index (χ1) is 7.79. The molecule has 0 amide bonds. The zero-order valence-corrected chi connectivity index (χ0v) is 11.4. The van der Waals surface area contributed by atoms with Crippen LogP contribution in [0.15, 0.2) is 0 Å². The summed E-state index contributed by atoms with van der Waals surface area (Å²) in [7, 11) is -3.08. The van der Waals surface area contributed by atoms with Crippen molar-refractivity contribution in [2.24, 2.45) is 11.3 Å². The highest BCUT2D eigenvalue weighted by Gasteiger charge is 2.42. The van der Waals surface area contributed by atoms with Crippen LogP contribution in [-0.4, -0.2) is 31.5 Å². The molecule has 1 saturated carbocycles. The number of hydrogen-bond donors (Lipinski definition) is 1. The van der Waals surface area contributed by atoms with E-state index < -0.39 is 21.2 Å². The zero-order valence-electron chi connectivity index (χ0n) is 10.6. The van der Waals surface area contributed by atoms with Crippen molar-refractivity contribution in [2.45, 2.75) is 45.4 Å². The molecule has 0 aromatic heterocycles. The number of carboxylic acid groups (broad SMARTS) is 1. The predicted octanol–water partition coefficient (Wildman–Crippen LogP) is 2.09. The van der Waals surface area contributed by atoms with E-state index in [1.165, 1.54) is 6.26 Å². The fraction of sp³-hybridized carbons (Fsp3) is 0.917. The molecule has 1 fully saturated rings. The summed E-state index contributed by atoms with van der Waals surface area (Å²) in [5.74, 6) is -0.408. The van der Waals surface area contributed by atoms with Gasteiger partial charge in [-0.05, 0) is 25.2 Å². The second-order valence-electron chi connectivity index (χ2n) is 5.34. The van der Waals surface area contributed by atoms with Gasteiger partial charge in [-0.3, -0.25) is 4.79 Å². The normalized spacial score (nSPS) is 30.1. The molecule has 0 spiro atoms. The van der Waals surface area contributed by atoms with Crippen LogP contribution in [-0.2, 0) is 14.6 Å². The van der Waals surface area contributed by atoms with Gasteiger partial charge in [0, 0.05) is 6.26 Å². The average Bonchev–Trinajstić information content (AvgIpc) is 2.25. The number of hydrogen-bond acceptors (Lipinski definition) is 3. The summed E-state index contributed by atoms with van der Waals surface area (Å²) in [5.41, 5.74) is -0.804. The van der Waals surface area contributed by atoms with Crippen molar-refractivity contribution < 1.29 is 18.3 Å². The summed E-state index contributed by atoms with van der Waals surface area (Å²) >= 11 is 0. The fourth-order valence-corrected chi connectivity index (χ4v) is 3.50. The quantitative estimate of drug-likeness (QED) is 0.823. The molecule has 1 aliphatic rings. The van der Waals surface area contributed by atoms with Gasteiger partial charge in [-0.2, -0.15) is 0 Å². The number of carboxylic acids is 1. The van der Waals surface area contributed by atoms with E-state index in [0.717, 1.165) is 19.3 Å². The Morgan fingerprint density at radius 1 is 1.47 bits per heavy atom. The van der Waals surface area contributed by atoms with Gasteiger partial charge >= 0.3 is 5.97 Å². The van der Waals surface area contributed by atoms with Crippen LogP contribution in [0, 0.1) is 11.3 Å². The third kappa shape index (κ3) is 3.98. The Labute approximate surface area is 103 Å². The molecule has 0 heterocycles. The minimum absolute atomic E-state index is 0.0181. The van der Waals surface area contributed by atoms with Gasteiger partial charge in [-0.1, -0.05) is 26.2 Å². The average molecular weight is 262 g/mol. The SMILES string of the molecule is CCC1CCCC(CCS(C)(=O)=O)(C(=O)O)C1. The molecule has 5 heteroatoms. The van der Waals surface area contributed by atoms with E-state index in [1.807, 2.05) is 0 Å². The van der Waals surface area contributed by atoms with Crippen molar-refractivity contribution in [3.05, 3.63) is 0 Å². The highest BCUT2D eigenvalue weighted by atomic mass is 32.2. The smallest absolute Gasteiger partial charge is 0.309 e. The van der Waals surface area contributed by atoms with E-state index in [0.29, 0.717) is 18.8 Å². The Hall–Kier alpha value is -0.580. The first-order valence-electron chi connectivity index (χ1n) is 6.20. The first kappa shape index (κ1) is 14.5. The Bertz CT molecular complexity index is 374. The van der Waals surface area contributed by atoms with Crippen LogP contribution >= 0.6 is 0 Å². The van der Waals surface area contributed by atoms with E-state index in [1.54, 1.807) is 0 Å². The highest BCUT2D eigenvalue weighted by molar-refractivity contribution is 7.90. The van der Waals surface area contributed by atoms with Crippen LogP contribution in [0.2, 0.25) is 0 Å². The molecule has 0 aromatic carbocycles. The summed E-state index contributed by atoms with van der Waals surface area (Å²) in [4.78, 5) is 11.5. The predicted molar refractivity (Wildman–Crippen MR) is 66.6 cm³/mol. The largest absolute Gasteiger partial charge is 0.481 e. The third-order valence-electron chi connectivity index (χ3n) is 3.93. The Kier molecular flexibility index (Phi) is 4.58. The maximum absolute atomic E-state index is 11.5. The lowest BCUT2D eigenvalue weighted by Crippen LogP contribution is -2.38. The molecule has 2 unspecified atom stereocenters. The minimum Gasteiger partial charge on any atom is -0.481 e. The maximum Gasteiger partial charge on any atom is 0.309 e. The molecule has 1 N–H and O–H groups in total. The molecule has 0 radical (unpaired) electrons. The maximum atomic E-state index is 11.5. The van der Waals surface area contributed by atoms with Crippen molar-refractivity contribution >= 4 is 15.8 Å². The molecular formula is C12H22O4S. The van der Waals surface area contributed by atoms with E-state index in [2.05, 4.69) is 6.92 Å². The van der Waals surface area contributed by atoms with Gasteiger partial charge in [0.1, 0.15) is 9.84 Å². The first-order valence-corrected chi connectivity index (χ1v) is 8.26. The van der Waals surface area contributed by atoms with E-state index >= 15 is 0 Å². The third-order valence-corrected chi connectivity index (χ3v) is 4.88. The molecule has 4 nitrogen and oxygen atoms in total. The van der Waals surface area contributed by atoms with Crippen LogP contribution in [0.1, 0.15) is 45.4 Å². The number of carbonyl (C=O) groups is 1. The van der Waals surface area contributed by atoms with Crippen molar-refractivity contribution in [2.75, 3.05) is 12.0 Å². The van der Waals surface area contributed by atoms with Crippen LogP contribution < -0.4 is 0 Å². The molecule has 0 saturated heterocycles. The molecule has 2 atom stereocenters. The molecule has 0 aromatic rings. The van der Waals surface area contributed by atoms with Crippen molar-refractivity contribution in [3.63, 3.8) is 0 Å². The monoisotopic (exact) mass is 262 g/mol. The number of sulfone groups is 1. The highest BCUT2D eigenvalue weighted by Crippen LogP contribution is 2.43. The summed E-state index contributed by atoms with van der Waals surface area (Å²) in [6.45, 7) is 2.07. The van der Waals surface area contributed by atoms with Crippen LogP contribution in [0.25, 0.3) is 0 Å². The van der Waals surface area contributed by atoms with Crippen molar-refractivity contribution in [1.82, 2.24) is 0 Å². The second kappa shape index (κ2) is 5.38. The lowest BCUT2D eigenvalue weighted by molar-refractivity contribution is -0.152. The zero-order chi connectivity index (χ0) is 13.1. The number of rotatable bonds is 5. The second-order valence-corrected chi connectivity index (χ2v) is 7.60. The van der Waals surface area contributed by atoms with Crippen LogP contribution in [0.3, 0.4) is 0 Å². The van der Waals surface area contributed by atoms with E-state index in [4.69, 9.17) is 0 Å². The van der Waals surface area contributed by atoms with Gasteiger partial charge in [0.15, 0.2) is 0 Å². The van der Waals surface area contributed by atoms with Crippen LogP contribution in [0.4, 0.5) is 0 Å². The van der Waals surface area contributed by atoms with E-state index in [-0.39, 0.29) is 12.2 Å². The summed E-state index contributed by atoms with van der Waals surface area (Å²) in [6.07, 6.45) is 5.63. The summed E-state index contributed by atoms with van der Waals surface area (Å²) < 4.78 is 22.4. The molecule has 17 heavy (non-hydrogen) atoms. The van der Waals surface area contributed by atoms with Gasteiger partial charge in [-0.15, -0.1) is 0 Å². The lowest BCUT2D eigenvalue weighted by atomic mass is 9.67. The minimum atomic E-state index is -3.08. The Morgan fingerprint density at radius 3 is 2.59 bits per heavy atom. The van der Waals surface area contributed by atoms with Crippen molar-refractivity contribution in [1.29, 1.82) is 0 Å². The van der Waals surface area contributed by atoms with Crippen LogP contribution in [0.5, 0.6) is 0 Å². The molecule has 0 bridgehead atoms. The Morgan fingerprint density at radius 2 is 2.12 bits per heavy atom. The molecular weight excluding hydrogens is 240 g/mol. The Balaban J connectivity index is 2.78. The van der Waals surface area contributed by atoms with Gasteiger partial charge in [0.05, 0.1) is 11.2 Å². The fourth-order valence-electron chi connectivity index (χ4n) is 2.74. The number of aliphatic carboxylic acids is 1. The van der Waals surface area contributed by atoms with Gasteiger partial charge in [0.2, 0.25) is 0 Å². The topological polar surface area (TPSA) is 71.4 Å². The molecule has 1 rings (SSSR count). The van der Waals surface area contributed by atoms with Gasteiger partial charge in [0.25, 0.3) is 0 Å². The molecule has 100 valence electrons. The summed E-state index contributed by atoms with van der Waals surface area (Å²) in [6, 6.07) is 0.